The van der Waals surface area contributed by atoms with Crippen molar-refractivity contribution in [1.29, 1.82) is 0 Å². The molecule has 11 heavy (non-hydrogen) atoms. The fraction of sp³-hybridized carbons (Fsp3) is 0.429. The molecule has 1 heterocycles. The third-order valence-corrected chi connectivity index (χ3v) is 2.64. The van der Waals surface area contributed by atoms with Crippen LogP contribution < -0.4 is 0 Å². The van der Waals surface area contributed by atoms with Gasteiger partial charge in [0.25, 0.3) is 0 Å². The molecule has 4 heteroatoms. The van der Waals surface area contributed by atoms with Crippen LogP contribution in [0.1, 0.15) is 5.56 Å². The number of rotatable bonds is 2. The van der Waals surface area contributed by atoms with Gasteiger partial charge in [-0.15, -0.1) is 11.8 Å². The van der Waals surface area contributed by atoms with E-state index in [2.05, 4.69) is 9.97 Å². The molecule has 0 aliphatic rings. The summed E-state index contributed by atoms with van der Waals surface area (Å²) < 4.78 is 0. The maximum Gasteiger partial charge on any atom is 0.188 e. The molecule has 0 saturated heterocycles. The third-order valence-electron chi connectivity index (χ3n) is 1.28. The number of hydrogen-bond donors (Lipinski definition) is 0. The quantitative estimate of drug-likeness (QED) is 0.402. The molecule has 0 spiro atoms. The van der Waals surface area contributed by atoms with E-state index in [0.717, 1.165) is 15.7 Å². The van der Waals surface area contributed by atoms with Gasteiger partial charge in [-0.05, 0) is 25.0 Å². The van der Waals surface area contributed by atoms with E-state index in [4.69, 9.17) is 0 Å². The Morgan fingerprint density at radius 1 is 1.27 bits per heavy atom. The highest BCUT2D eigenvalue weighted by Gasteiger charge is 2.00. The minimum atomic E-state index is 0.847. The Morgan fingerprint density at radius 2 is 2.00 bits per heavy atom. The van der Waals surface area contributed by atoms with E-state index in [1.54, 1.807) is 23.5 Å². The molecule has 0 bridgehead atoms. The summed E-state index contributed by atoms with van der Waals surface area (Å²) in [5.41, 5.74) is 1.15. The van der Waals surface area contributed by atoms with Crippen molar-refractivity contribution in [3.8, 4) is 0 Å². The van der Waals surface area contributed by atoms with Crippen molar-refractivity contribution in [2.24, 2.45) is 0 Å². The van der Waals surface area contributed by atoms with Crippen LogP contribution in [0.5, 0.6) is 0 Å². The predicted octanol–water partition coefficient (Wildman–Crippen LogP) is 2.23. The molecule has 0 N–H and O–H groups in total. The van der Waals surface area contributed by atoms with Crippen LogP contribution in [0, 0.1) is 6.92 Å². The molecular weight excluding hydrogens is 176 g/mol. The lowest BCUT2D eigenvalue weighted by Crippen LogP contribution is -1.90. The normalized spacial score (nSPS) is 10.1. The minimum absolute atomic E-state index is 0.847. The summed E-state index contributed by atoms with van der Waals surface area (Å²) in [5, 5.41) is 1.92. The summed E-state index contributed by atoms with van der Waals surface area (Å²) in [6, 6.07) is 0. The molecule has 0 unspecified atom stereocenters. The fourth-order valence-corrected chi connectivity index (χ4v) is 1.67. The van der Waals surface area contributed by atoms with Crippen molar-refractivity contribution in [3.05, 3.63) is 11.8 Å². The highest BCUT2D eigenvalue weighted by molar-refractivity contribution is 7.99. The van der Waals surface area contributed by atoms with Crippen molar-refractivity contribution >= 4 is 23.5 Å². The van der Waals surface area contributed by atoms with Gasteiger partial charge in [0.05, 0.1) is 0 Å². The minimum Gasteiger partial charge on any atom is -0.231 e. The lowest BCUT2D eigenvalue weighted by molar-refractivity contribution is 0.872. The Labute approximate surface area is 75.2 Å². The average molecular weight is 186 g/mol. The first kappa shape index (κ1) is 8.87. The Bertz CT molecular complexity index is 250. The second kappa shape index (κ2) is 3.97. The van der Waals surface area contributed by atoms with Gasteiger partial charge >= 0.3 is 0 Å². The summed E-state index contributed by atoms with van der Waals surface area (Å²) in [5.74, 6) is 0. The lowest BCUT2D eigenvalue weighted by atomic mass is 10.4. The van der Waals surface area contributed by atoms with Crippen molar-refractivity contribution in [2.75, 3.05) is 12.5 Å². The molecule has 0 fully saturated rings. The van der Waals surface area contributed by atoms with Gasteiger partial charge in [0.2, 0.25) is 0 Å². The van der Waals surface area contributed by atoms with Gasteiger partial charge in [0.1, 0.15) is 5.03 Å². The number of aromatic nitrogens is 2. The zero-order valence-corrected chi connectivity index (χ0v) is 8.42. The van der Waals surface area contributed by atoms with Gasteiger partial charge < -0.3 is 0 Å². The first-order chi connectivity index (χ1) is 5.27. The first-order valence-electron chi connectivity index (χ1n) is 3.19. The Morgan fingerprint density at radius 3 is 2.55 bits per heavy atom. The molecule has 1 aromatic rings. The topological polar surface area (TPSA) is 25.8 Å². The standard InChI is InChI=1S/C7H10N2S2/c1-5-4-8-7(11-3)9-6(5)10-2/h4H,1-3H3. The van der Waals surface area contributed by atoms with Gasteiger partial charge in [0.15, 0.2) is 5.16 Å². The third kappa shape index (κ3) is 2.10. The highest BCUT2D eigenvalue weighted by atomic mass is 32.2. The SMILES string of the molecule is CSc1ncc(C)c(SC)n1. The monoisotopic (exact) mass is 186 g/mol. The zero-order valence-electron chi connectivity index (χ0n) is 6.79. The van der Waals surface area contributed by atoms with Crippen LogP contribution in [0.25, 0.3) is 0 Å². The molecular formula is C7H10N2S2. The number of hydrogen-bond acceptors (Lipinski definition) is 4. The summed E-state index contributed by atoms with van der Waals surface area (Å²) in [7, 11) is 0. The van der Waals surface area contributed by atoms with E-state index < -0.39 is 0 Å². The van der Waals surface area contributed by atoms with E-state index in [9.17, 15) is 0 Å². The smallest absolute Gasteiger partial charge is 0.188 e. The molecule has 0 aromatic carbocycles. The summed E-state index contributed by atoms with van der Waals surface area (Å²) in [6.07, 6.45) is 5.87. The number of aryl methyl sites for hydroxylation is 1. The summed E-state index contributed by atoms with van der Waals surface area (Å²) in [6.45, 7) is 2.02. The van der Waals surface area contributed by atoms with E-state index in [0.29, 0.717) is 0 Å². The molecule has 1 aromatic heterocycles. The second-order valence-electron chi connectivity index (χ2n) is 2.05. The van der Waals surface area contributed by atoms with Gasteiger partial charge in [0, 0.05) is 6.20 Å². The van der Waals surface area contributed by atoms with E-state index >= 15 is 0 Å². The first-order valence-corrected chi connectivity index (χ1v) is 5.64. The van der Waals surface area contributed by atoms with Crippen molar-refractivity contribution in [2.45, 2.75) is 17.1 Å². The molecule has 0 aliphatic heterocycles. The van der Waals surface area contributed by atoms with Crippen LogP contribution in [-0.4, -0.2) is 22.5 Å². The lowest BCUT2D eigenvalue weighted by Gasteiger charge is -2.01. The van der Waals surface area contributed by atoms with Crippen LogP contribution in [0.3, 0.4) is 0 Å². The van der Waals surface area contributed by atoms with Crippen LogP contribution >= 0.6 is 23.5 Å². The Kier molecular flexibility index (Phi) is 3.20. The van der Waals surface area contributed by atoms with Gasteiger partial charge in [-0.25, -0.2) is 9.97 Å². The molecule has 1 rings (SSSR count). The van der Waals surface area contributed by atoms with E-state index in [-0.39, 0.29) is 0 Å². The number of thioether (sulfide) groups is 2. The average Bonchev–Trinajstić information content (AvgIpc) is 2.05. The molecule has 0 saturated carbocycles. The summed E-state index contributed by atoms with van der Waals surface area (Å²) in [4.78, 5) is 8.47. The fourth-order valence-electron chi connectivity index (χ4n) is 0.716. The molecule has 0 radical (unpaired) electrons. The maximum absolute atomic E-state index is 4.32. The molecule has 2 nitrogen and oxygen atoms in total. The van der Waals surface area contributed by atoms with Crippen molar-refractivity contribution in [3.63, 3.8) is 0 Å². The van der Waals surface area contributed by atoms with Crippen LogP contribution in [0.2, 0.25) is 0 Å². The van der Waals surface area contributed by atoms with E-state index in [1.165, 1.54) is 0 Å². The largest absolute Gasteiger partial charge is 0.231 e. The zero-order chi connectivity index (χ0) is 8.27. The predicted molar refractivity (Wildman–Crippen MR) is 50.3 cm³/mol. The molecule has 0 aliphatic carbocycles. The Hall–Kier alpha value is -0.220. The van der Waals surface area contributed by atoms with Gasteiger partial charge in [-0.3, -0.25) is 0 Å². The van der Waals surface area contributed by atoms with Crippen molar-refractivity contribution < 1.29 is 0 Å². The molecule has 0 amide bonds. The van der Waals surface area contributed by atoms with Crippen LogP contribution in [0.15, 0.2) is 16.4 Å². The van der Waals surface area contributed by atoms with Crippen LogP contribution in [-0.2, 0) is 0 Å². The number of nitrogens with zero attached hydrogens (tertiary/aromatic N) is 2. The Balaban J connectivity index is 3.02. The molecule has 60 valence electrons. The van der Waals surface area contributed by atoms with Gasteiger partial charge in [-0.1, -0.05) is 11.8 Å². The van der Waals surface area contributed by atoms with Gasteiger partial charge in [-0.2, -0.15) is 0 Å². The van der Waals surface area contributed by atoms with Crippen molar-refractivity contribution in [1.82, 2.24) is 9.97 Å². The highest BCUT2D eigenvalue weighted by Crippen LogP contribution is 2.18. The maximum atomic E-state index is 4.32. The van der Waals surface area contributed by atoms with Crippen LogP contribution in [0.4, 0.5) is 0 Å². The second-order valence-corrected chi connectivity index (χ2v) is 3.62. The summed E-state index contributed by atoms with van der Waals surface area (Å²) >= 11 is 3.23. The van der Waals surface area contributed by atoms with E-state index in [1.807, 2.05) is 25.6 Å². The molecule has 0 atom stereocenters.